The van der Waals surface area contributed by atoms with E-state index in [0.717, 1.165) is 13.1 Å². The lowest BCUT2D eigenvalue weighted by molar-refractivity contribution is 0.357. The Morgan fingerprint density at radius 2 is 1.62 bits per heavy atom. The summed E-state index contributed by atoms with van der Waals surface area (Å²) in [5.74, 6) is 0. The molecule has 46 valence electrons. The Balaban J connectivity index is 2.23. The lowest BCUT2D eigenvalue weighted by Gasteiger charge is -2.22. The van der Waals surface area contributed by atoms with Crippen molar-refractivity contribution in [3.8, 4) is 0 Å². The van der Waals surface area contributed by atoms with E-state index in [4.69, 9.17) is 0 Å². The van der Waals surface area contributed by atoms with Crippen molar-refractivity contribution in [2.45, 2.75) is 25.9 Å². The molecule has 0 aliphatic carbocycles. The minimum absolute atomic E-state index is 0.471. The summed E-state index contributed by atoms with van der Waals surface area (Å²) in [6.45, 7) is 6.09. The van der Waals surface area contributed by atoms with Gasteiger partial charge in [-0.2, -0.15) is 0 Å². The van der Waals surface area contributed by atoms with E-state index < -0.39 is 0 Å². The lowest BCUT2D eigenvalue weighted by atomic mass is 10.2. The monoisotopic (exact) mass is 112 g/mol. The minimum atomic E-state index is 0.471. The first-order chi connectivity index (χ1) is 3.79. The predicted octanol–water partition coefficient (Wildman–Crippen LogP) is -0.0142. The van der Waals surface area contributed by atoms with Crippen LogP contribution in [-0.2, 0) is 0 Å². The van der Waals surface area contributed by atoms with Crippen molar-refractivity contribution < 1.29 is 0 Å². The Morgan fingerprint density at radius 3 is 1.88 bits per heavy atom. The highest BCUT2D eigenvalue weighted by molar-refractivity contribution is 4.76. The van der Waals surface area contributed by atoms with Crippen LogP contribution in [0.1, 0.15) is 13.8 Å². The first kappa shape index (κ1) is 6.05. The van der Waals surface area contributed by atoms with E-state index in [1.807, 2.05) is 0 Å². The Kier molecular flexibility index (Phi) is 1.86. The third-order valence-electron chi connectivity index (χ3n) is 1.30. The summed E-state index contributed by atoms with van der Waals surface area (Å²) >= 11 is 0. The Morgan fingerprint density at radius 1 is 1.12 bits per heavy atom. The second-order valence-corrected chi connectivity index (χ2v) is 2.44. The summed E-state index contributed by atoms with van der Waals surface area (Å²) < 4.78 is 0. The molecule has 0 aromatic carbocycles. The van der Waals surface area contributed by atoms with Crippen molar-refractivity contribution in [1.29, 1.82) is 0 Å². The van der Waals surface area contributed by atoms with Crippen LogP contribution in [0.2, 0.25) is 0 Å². The molecular weight excluding hydrogens is 100 g/mol. The van der Waals surface area contributed by atoms with Crippen molar-refractivity contribution in [3.63, 3.8) is 0 Å². The molecule has 0 saturated carbocycles. The van der Waals surface area contributed by atoms with Gasteiger partial charge in [-0.05, 0) is 13.8 Å². The second kappa shape index (κ2) is 2.46. The summed E-state index contributed by atoms with van der Waals surface area (Å²) in [5, 5.41) is 8.63. The van der Waals surface area contributed by atoms with Crippen LogP contribution in [0.15, 0.2) is 0 Å². The number of rotatable bonds is 0. The predicted molar refractivity (Wildman–Crippen MR) is 32.9 cm³/mol. The standard InChI is InChI=1S/C6H12N2/c1-5-3-7-4-6(2)8-5/h5-6H,3-4H2,1-2H3. The summed E-state index contributed by atoms with van der Waals surface area (Å²) in [5.41, 5.74) is 0. The van der Waals surface area contributed by atoms with Crippen molar-refractivity contribution in [2.24, 2.45) is 0 Å². The molecule has 2 atom stereocenters. The summed E-state index contributed by atoms with van der Waals surface area (Å²) in [6.07, 6.45) is 0. The zero-order valence-electron chi connectivity index (χ0n) is 5.46. The van der Waals surface area contributed by atoms with Crippen LogP contribution in [0.25, 0.3) is 0 Å². The van der Waals surface area contributed by atoms with Crippen LogP contribution in [0.5, 0.6) is 0 Å². The van der Waals surface area contributed by atoms with Gasteiger partial charge in [-0.1, -0.05) is 0 Å². The molecule has 8 heavy (non-hydrogen) atoms. The topological polar surface area (TPSA) is 28.2 Å². The Hall–Kier alpha value is -0.0800. The molecule has 2 nitrogen and oxygen atoms in total. The van der Waals surface area contributed by atoms with Gasteiger partial charge in [0.15, 0.2) is 0 Å². The molecule has 0 amide bonds. The van der Waals surface area contributed by atoms with Crippen molar-refractivity contribution >= 4 is 0 Å². The Bertz CT molecular complexity index is 64.9. The van der Waals surface area contributed by atoms with E-state index in [1.54, 1.807) is 0 Å². The molecule has 1 aliphatic heterocycles. The van der Waals surface area contributed by atoms with Crippen LogP contribution in [0.4, 0.5) is 0 Å². The highest BCUT2D eigenvalue weighted by Gasteiger charge is 2.14. The summed E-state index contributed by atoms with van der Waals surface area (Å²) in [7, 11) is 0. The molecule has 0 aromatic rings. The van der Waals surface area contributed by atoms with Crippen molar-refractivity contribution in [3.05, 3.63) is 0 Å². The average Bonchev–Trinajstić information content (AvgIpc) is 1.64. The normalized spacial score (nSPS) is 39.8. The van der Waals surface area contributed by atoms with Crippen LogP contribution < -0.4 is 10.6 Å². The van der Waals surface area contributed by atoms with Gasteiger partial charge in [-0.25, -0.2) is 10.6 Å². The highest BCUT2D eigenvalue weighted by Crippen LogP contribution is 1.94. The maximum atomic E-state index is 4.39. The van der Waals surface area contributed by atoms with Crippen LogP contribution in [0.3, 0.4) is 0 Å². The van der Waals surface area contributed by atoms with Gasteiger partial charge in [0.25, 0.3) is 0 Å². The van der Waals surface area contributed by atoms with Crippen molar-refractivity contribution in [2.75, 3.05) is 13.1 Å². The number of piperazine rings is 1. The van der Waals surface area contributed by atoms with Crippen LogP contribution >= 0.6 is 0 Å². The third-order valence-corrected chi connectivity index (χ3v) is 1.30. The van der Waals surface area contributed by atoms with E-state index in [2.05, 4.69) is 24.5 Å². The molecular formula is C6H12N2. The fourth-order valence-corrected chi connectivity index (χ4v) is 0.977. The molecule has 2 unspecified atom stereocenters. The van der Waals surface area contributed by atoms with Crippen LogP contribution in [-0.4, -0.2) is 25.2 Å². The number of hydrogen-bond acceptors (Lipinski definition) is 0. The SMILES string of the molecule is CC1C[N]CC(C)[N]1. The smallest absolute Gasteiger partial charge is 0.0362 e. The highest BCUT2D eigenvalue weighted by atomic mass is 15.1. The number of hydrogen-bond donors (Lipinski definition) is 0. The summed E-state index contributed by atoms with van der Waals surface area (Å²) in [6, 6.07) is 0.942. The maximum absolute atomic E-state index is 4.39. The third kappa shape index (κ3) is 1.46. The minimum Gasteiger partial charge on any atom is -0.238 e. The molecule has 2 heteroatoms. The summed E-state index contributed by atoms with van der Waals surface area (Å²) in [4.78, 5) is 0. The van der Waals surface area contributed by atoms with E-state index in [0.29, 0.717) is 12.1 Å². The van der Waals surface area contributed by atoms with Gasteiger partial charge in [0, 0.05) is 25.2 Å². The first-order valence-corrected chi connectivity index (χ1v) is 3.12. The van der Waals surface area contributed by atoms with Gasteiger partial charge in [0.1, 0.15) is 0 Å². The van der Waals surface area contributed by atoms with E-state index >= 15 is 0 Å². The van der Waals surface area contributed by atoms with E-state index in [9.17, 15) is 0 Å². The van der Waals surface area contributed by atoms with Gasteiger partial charge in [-0.15, -0.1) is 0 Å². The molecule has 1 aliphatic rings. The second-order valence-electron chi connectivity index (χ2n) is 2.44. The Labute approximate surface area is 50.7 Å². The molecule has 1 heterocycles. The molecule has 0 spiro atoms. The lowest BCUT2D eigenvalue weighted by Crippen LogP contribution is -2.44. The zero-order chi connectivity index (χ0) is 5.98. The van der Waals surface area contributed by atoms with Gasteiger partial charge in [-0.3, -0.25) is 0 Å². The van der Waals surface area contributed by atoms with Crippen molar-refractivity contribution in [1.82, 2.24) is 10.6 Å². The molecule has 0 aromatic heterocycles. The number of nitrogens with zero attached hydrogens (tertiary/aromatic N) is 2. The zero-order valence-corrected chi connectivity index (χ0v) is 5.46. The first-order valence-electron chi connectivity index (χ1n) is 3.12. The van der Waals surface area contributed by atoms with Gasteiger partial charge < -0.3 is 0 Å². The fourth-order valence-electron chi connectivity index (χ4n) is 0.977. The largest absolute Gasteiger partial charge is 0.238 e. The molecule has 1 rings (SSSR count). The average molecular weight is 112 g/mol. The maximum Gasteiger partial charge on any atom is 0.0362 e. The van der Waals surface area contributed by atoms with E-state index in [-0.39, 0.29) is 0 Å². The van der Waals surface area contributed by atoms with Crippen LogP contribution in [0, 0.1) is 0 Å². The van der Waals surface area contributed by atoms with Gasteiger partial charge in [0.2, 0.25) is 0 Å². The quantitative estimate of drug-likeness (QED) is 0.421. The molecule has 2 radical (unpaired) electrons. The molecule has 1 saturated heterocycles. The van der Waals surface area contributed by atoms with Gasteiger partial charge >= 0.3 is 0 Å². The van der Waals surface area contributed by atoms with Gasteiger partial charge in [0.05, 0.1) is 0 Å². The molecule has 0 bridgehead atoms. The molecule has 0 N–H and O–H groups in total. The van der Waals surface area contributed by atoms with E-state index in [1.165, 1.54) is 0 Å². The fraction of sp³-hybridized carbons (Fsp3) is 1.00. The molecule has 1 fully saturated rings.